The van der Waals surface area contributed by atoms with Crippen molar-refractivity contribution in [3.63, 3.8) is 0 Å². The summed E-state index contributed by atoms with van der Waals surface area (Å²) >= 11 is 0. The van der Waals surface area contributed by atoms with Crippen molar-refractivity contribution >= 4 is 17.3 Å². The third-order valence-corrected chi connectivity index (χ3v) is 6.23. The SMILES string of the molecule is N#Cc1cnc(Nc2cc(NCC3CCCCC3)c(-c3ccc(Oc4ccccc4)cc3)nn2)cn1. The van der Waals surface area contributed by atoms with Gasteiger partial charge in [0.2, 0.25) is 0 Å². The molecule has 1 aliphatic carbocycles. The molecule has 8 heteroatoms. The van der Waals surface area contributed by atoms with Crippen molar-refractivity contribution in [3.05, 3.63) is 78.8 Å². The Morgan fingerprint density at radius 2 is 1.64 bits per heavy atom. The van der Waals surface area contributed by atoms with Crippen LogP contribution in [0.2, 0.25) is 0 Å². The fourth-order valence-corrected chi connectivity index (χ4v) is 4.33. The summed E-state index contributed by atoms with van der Waals surface area (Å²) < 4.78 is 5.93. The van der Waals surface area contributed by atoms with Crippen molar-refractivity contribution in [3.8, 4) is 28.8 Å². The van der Waals surface area contributed by atoms with Gasteiger partial charge in [-0.15, -0.1) is 10.2 Å². The van der Waals surface area contributed by atoms with Crippen molar-refractivity contribution < 1.29 is 4.74 Å². The maximum Gasteiger partial charge on any atom is 0.158 e. The van der Waals surface area contributed by atoms with Gasteiger partial charge in [-0.05, 0) is 55.2 Å². The van der Waals surface area contributed by atoms with E-state index < -0.39 is 0 Å². The highest BCUT2D eigenvalue weighted by Gasteiger charge is 2.16. The lowest BCUT2D eigenvalue weighted by atomic mass is 9.89. The predicted octanol–water partition coefficient (Wildman–Crippen LogP) is 6.33. The minimum absolute atomic E-state index is 0.261. The second-order valence-electron chi connectivity index (χ2n) is 8.84. The van der Waals surface area contributed by atoms with E-state index >= 15 is 0 Å². The molecule has 2 aromatic heterocycles. The lowest BCUT2D eigenvalue weighted by Crippen LogP contribution is -2.18. The molecule has 0 bridgehead atoms. The lowest BCUT2D eigenvalue weighted by molar-refractivity contribution is 0.373. The number of hydrogen-bond donors (Lipinski definition) is 2. The van der Waals surface area contributed by atoms with Gasteiger partial charge < -0.3 is 15.4 Å². The lowest BCUT2D eigenvalue weighted by Gasteiger charge is -2.23. The number of nitriles is 1. The smallest absolute Gasteiger partial charge is 0.158 e. The molecule has 1 fully saturated rings. The van der Waals surface area contributed by atoms with Gasteiger partial charge in [-0.3, -0.25) is 0 Å². The molecule has 2 heterocycles. The van der Waals surface area contributed by atoms with E-state index in [0.717, 1.165) is 35.0 Å². The van der Waals surface area contributed by atoms with Crippen molar-refractivity contribution in [2.24, 2.45) is 5.92 Å². The Labute approximate surface area is 210 Å². The second-order valence-corrected chi connectivity index (χ2v) is 8.84. The molecule has 1 saturated carbocycles. The van der Waals surface area contributed by atoms with Gasteiger partial charge in [0.25, 0.3) is 0 Å². The molecule has 2 N–H and O–H groups in total. The van der Waals surface area contributed by atoms with Gasteiger partial charge in [-0.1, -0.05) is 37.5 Å². The fraction of sp³-hybridized carbons (Fsp3) is 0.250. The van der Waals surface area contributed by atoms with Crippen LogP contribution in [0, 0.1) is 17.2 Å². The molecule has 0 spiro atoms. The molecule has 0 saturated heterocycles. The maximum atomic E-state index is 8.94. The largest absolute Gasteiger partial charge is 0.457 e. The molecule has 0 unspecified atom stereocenters. The first-order chi connectivity index (χ1) is 17.8. The molecule has 1 aliphatic rings. The van der Waals surface area contributed by atoms with Gasteiger partial charge in [-0.2, -0.15) is 5.26 Å². The maximum absolute atomic E-state index is 8.94. The second kappa shape index (κ2) is 11.3. The van der Waals surface area contributed by atoms with Crippen LogP contribution in [0.1, 0.15) is 37.8 Å². The Morgan fingerprint density at radius 3 is 2.36 bits per heavy atom. The number of hydrogen-bond acceptors (Lipinski definition) is 8. The molecule has 8 nitrogen and oxygen atoms in total. The summed E-state index contributed by atoms with van der Waals surface area (Å²) in [5.74, 6) is 3.25. The molecular formula is C28H27N7O. The highest BCUT2D eigenvalue weighted by atomic mass is 16.5. The highest BCUT2D eigenvalue weighted by Crippen LogP contribution is 2.31. The molecule has 4 aromatic rings. The predicted molar refractivity (Wildman–Crippen MR) is 139 cm³/mol. The van der Waals surface area contributed by atoms with E-state index in [0.29, 0.717) is 17.6 Å². The standard InChI is InChI=1S/C28H27N7O/c29-16-22-18-32-27(19-30-22)33-26-15-25(31-17-20-7-3-1-4-8-20)28(35-34-26)21-11-13-24(14-12-21)36-23-9-5-2-6-10-23/h2,5-6,9-15,18-20H,1,3-4,7-8,17H2,(H2,31,32,33,34). The van der Waals surface area contributed by atoms with E-state index in [1.165, 1.54) is 44.5 Å². The van der Waals surface area contributed by atoms with Crippen LogP contribution in [0.5, 0.6) is 11.5 Å². The minimum atomic E-state index is 0.261. The molecule has 0 aliphatic heterocycles. The summed E-state index contributed by atoms with van der Waals surface area (Å²) in [4.78, 5) is 8.28. The van der Waals surface area contributed by atoms with Crippen LogP contribution in [-0.2, 0) is 0 Å². The number of rotatable bonds is 8. The first-order valence-electron chi connectivity index (χ1n) is 12.2. The van der Waals surface area contributed by atoms with Crippen molar-refractivity contribution in [2.75, 3.05) is 17.2 Å². The number of benzene rings is 2. The number of ether oxygens (including phenoxy) is 1. The number of nitrogens with one attached hydrogen (secondary N) is 2. The number of para-hydroxylation sites is 1. The Morgan fingerprint density at radius 1 is 0.861 bits per heavy atom. The molecule has 5 rings (SSSR count). The van der Waals surface area contributed by atoms with Crippen molar-refractivity contribution in [1.82, 2.24) is 20.2 Å². The molecule has 0 atom stereocenters. The molecule has 0 radical (unpaired) electrons. The zero-order valence-corrected chi connectivity index (χ0v) is 19.9. The summed E-state index contributed by atoms with van der Waals surface area (Å²) in [6.07, 6.45) is 9.34. The summed E-state index contributed by atoms with van der Waals surface area (Å²) in [6.45, 7) is 0.893. The van der Waals surface area contributed by atoms with E-state index in [2.05, 4.69) is 30.8 Å². The summed E-state index contributed by atoms with van der Waals surface area (Å²) in [5.41, 5.74) is 2.88. The number of aromatic nitrogens is 4. The first kappa shape index (κ1) is 23.2. The van der Waals surface area contributed by atoms with Gasteiger partial charge in [0.05, 0.1) is 18.1 Å². The van der Waals surface area contributed by atoms with Gasteiger partial charge in [0, 0.05) is 18.2 Å². The zero-order chi connectivity index (χ0) is 24.6. The average Bonchev–Trinajstić information content (AvgIpc) is 2.94. The highest BCUT2D eigenvalue weighted by molar-refractivity contribution is 5.76. The molecule has 2 aromatic carbocycles. The minimum Gasteiger partial charge on any atom is -0.457 e. The average molecular weight is 478 g/mol. The van der Waals surface area contributed by atoms with Crippen LogP contribution in [-0.4, -0.2) is 26.7 Å². The Bertz CT molecular complexity index is 1310. The van der Waals surface area contributed by atoms with Crippen molar-refractivity contribution in [2.45, 2.75) is 32.1 Å². The Balaban J connectivity index is 1.37. The summed E-state index contributed by atoms with van der Waals surface area (Å²) in [6, 6.07) is 21.5. The first-order valence-corrected chi connectivity index (χ1v) is 12.2. The zero-order valence-electron chi connectivity index (χ0n) is 19.9. The number of anilines is 3. The summed E-state index contributed by atoms with van der Waals surface area (Å²) in [7, 11) is 0. The van der Waals surface area contributed by atoms with Gasteiger partial charge in [0.1, 0.15) is 29.1 Å². The van der Waals surface area contributed by atoms with E-state index in [4.69, 9.17) is 10.00 Å². The van der Waals surface area contributed by atoms with Crippen LogP contribution < -0.4 is 15.4 Å². The Hall–Kier alpha value is -4.51. The molecule has 0 amide bonds. The van der Waals surface area contributed by atoms with E-state index in [-0.39, 0.29) is 5.69 Å². The normalized spacial score (nSPS) is 13.5. The van der Waals surface area contributed by atoms with Crippen LogP contribution in [0.25, 0.3) is 11.3 Å². The monoisotopic (exact) mass is 477 g/mol. The fourth-order valence-electron chi connectivity index (χ4n) is 4.33. The molecule has 36 heavy (non-hydrogen) atoms. The van der Waals surface area contributed by atoms with E-state index in [1.54, 1.807) is 0 Å². The number of nitrogens with zero attached hydrogens (tertiary/aromatic N) is 5. The third kappa shape index (κ3) is 5.94. The van der Waals surface area contributed by atoms with Crippen LogP contribution in [0.4, 0.5) is 17.3 Å². The molecule has 180 valence electrons. The topological polar surface area (TPSA) is 109 Å². The van der Waals surface area contributed by atoms with Crippen LogP contribution in [0.15, 0.2) is 73.1 Å². The quantitative estimate of drug-likeness (QED) is 0.303. The Kier molecular flexibility index (Phi) is 7.28. The van der Waals surface area contributed by atoms with Gasteiger partial charge in [0.15, 0.2) is 11.5 Å². The molecular weight excluding hydrogens is 450 g/mol. The van der Waals surface area contributed by atoms with E-state index in [9.17, 15) is 0 Å². The van der Waals surface area contributed by atoms with Crippen LogP contribution >= 0.6 is 0 Å². The van der Waals surface area contributed by atoms with Gasteiger partial charge >= 0.3 is 0 Å². The van der Waals surface area contributed by atoms with E-state index in [1.807, 2.05) is 66.7 Å². The van der Waals surface area contributed by atoms with Crippen molar-refractivity contribution in [1.29, 1.82) is 5.26 Å². The van der Waals surface area contributed by atoms with Gasteiger partial charge in [-0.25, -0.2) is 9.97 Å². The summed E-state index contributed by atoms with van der Waals surface area (Å²) in [5, 5.41) is 24.6. The third-order valence-electron chi connectivity index (χ3n) is 6.23. The van der Waals surface area contributed by atoms with Crippen LogP contribution in [0.3, 0.4) is 0 Å².